The number of imide groups is 1. The standard InChI is InChI=1S/C17H16N4O2.C10H11NO2/c1-2-3-13-10-18-21-14(13)9-6-11-4-7-12(8-5-11)15-16(22)20-17(23)19-15;1-11-6-7-3-4-8(13-2)5-9(7)10(11)12/h2-5,7-10,15,21H,1,6H2,(H2,19,20,22,23);3-5H,6H2,1-2H3/b13-3-,14-9+;. The number of benzene rings is 2. The van der Waals surface area contributed by atoms with Crippen LogP contribution in [0.25, 0.3) is 12.2 Å². The normalized spacial score (nSPS) is 17.3. The number of fused-ring (bicyclic) bond motifs is 1. The molecule has 5 rings (SSSR count). The van der Waals surface area contributed by atoms with Gasteiger partial charge in [-0.25, -0.2) is 4.79 Å². The van der Waals surface area contributed by atoms with Gasteiger partial charge in [0.25, 0.3) is 11.8 Å². The highest BCUT2D eigenvalue weighted by Gasteiger charge is 2.30. The van der Waals surface area contributed by atoms with Crippen molar-refractivity contribution in [2.24, 2.45) is 0 Å². The summed E-state index contributed by atoms with van der Waals surface area (Å²) in [6.07, 6.45) is 8.13. The molecule has 1 atom stereocenters. The molecule has 0 aliphatic carbocycles. The molecule has 1 saturated heterocycles. The first kappa shape index (κ1) is 24.5. The number of aromatic nitrogens is 2. The van der Waals surface area contributed by atoms with Crippen molar-refractivity contribution in [3.63, 3.8) is 0 Å². The van der Waals surface area contributed by atoms with E-state index < -0.39 is 12.1 Å². The van der Waals surface area contributed by atoms with Crippen LogP contribution in [0.5, 0.6) is 5.75 Å². The van der Waals surface area contributed by atoms with E-state index in [1.54, 1.807) is 37.4 Å². The highest BCUT2D eigenvalue weighted by atomic mass is 16.5. The third-order valence-corrected chi connectivity index (χ3v) is 5.93. The van der Waals surface area contributed by atoms with Crippen LogP contribution < -0.4 is 25.9 Å². The number of ether oxygens (including phenoxy) is 1. The molecule has 1 unspecified atom stereocenters. The van der Waals surface area contributed by atoms with Crippen molar-refractivity contribution < 1.29 is 19.1 Å². The molecule has 2 aliphatic heterocycles. The lowest BCUT2D eigenvalue weighted by Gasteiger charge is -2.07. The van der Waals surface area contributed by atoms with Crippen molar-refractivity contribution in [3.8, 4) is 5.75 Å². The fourth-order valence-electron chi connectivity index (χ4n) is 4.00. The van der Waals surface area contributed by atoms with Gasteiger partial charge in [0, 0.05) is 24.4 Å². The number of nitrogens with zero attached hydrogens (tertiary/aromatic N) is 2. The van der Waals surface area contributed by atoms with Gasteiger partial charge in [0.1, 0.15) is 11.8 Å². The second-order valence-electron chi connectivity index (χ2n) is 8.37. The van der Waals surface area contributed by atoms with E-state index in [2.05, 4.69) is 27.4 Å². The van der Waals surface area contributed by atoms with E-state index in [0.717, 1.165) is 45.0 Å². The van der Waals surface area contributed by atoms with E-state index >= 15 is 0 Å². The second kappa shape index (κ2) is 10.7. The number of carbonyl (C=O) groups excluding carboxylic acids is 3. The van der Waals surface area contributed by atoms with Crippen LogP contribution in [0.3, 0.4) is 0 Å². The fourth-order valence-corrected chi connectivity index (χ4v) is 4.00. The summed E-state index contributed by atoms with van der Waals surface area (Å²) in [4.78, 5) is 36.0. The minimum Gasteiger partial charge on any atom is -0.497 e. The maximum absolute atomic E-state index is 11.6. The number of carbonyl (C=O) groups is 3. The van der Waals surface area contributed by atoms with E-state index in [4.69, 9.17) is 4.74 Å². The third kappa shape index (κ3) is 5.35. The molecule has 36 heavy (non-hydrogen) atoms. The molecule has 4 amide bonds. The first-order valence-corrected chi connectivity index (χ1v) is 11.3. The quantitative estimate of drug-likeness (QED) is 0.475. The zero-order chi connectivity index (χ0) is 25.7. The lowest BCUT2D eigenvalue weighted by molar-refractivity contribution is -0.120. The Balaban J connectivity index is 0.000000197. The topological polar surface area (TPSA) is 116 Å². The summed E-state index contributed by atoms with van der Waals surface area (Å²) in [5.41, 5.74) is 3.70. The van der Waals surface area contributed by atoms with Crippen molar-refractivity contribution in [3.05, 3.63) is 94.1 Å². The van der Waals surface area contributed by atoms with E-state index in [0.29, 0.717) is 6.54 Å². The van der Waals surface area contributed by atoms with E-state index in [1.807, 2.05) is 48.6 Å². The van der Waals surface area contributed by atoms with Crippen LogP contribution >= 0.6 is 0 Å². The van der Waals surface area contributed by atoms with E-state index in [1.165, 1.54) is 0 Å². The Morgan fingerprint density at radius 2 is 1.94 bits per heavy atom. The molecule has 1 fully saturated rings. The first-order chi connectivity index (χ1) is 17.4. The van der Waals surface area contributed by atoms with Gasteiger partial charge in [-0.3, -0.25) is 20.0 Å². The summed E-state index contributed by atoms with van der Waals surface area (Å²) in [6, 6.07) is 12.1. The van der Waals surface area contributed by atoms with Crippen molar-refractivity contribution in [1.82, 2.24) is 25.7 Å². The Labute approximate surface area is 208 Å². The molecule has 3 aromatic rings. The number of amides is 4. The molecule has 2 aromatic carbocycles. The van der Waals surface area contributed by atoms with Gasteiger partial charge in [0.05, 0.1) is 18.7 Å². The van der Waals surface area contributed by atoms with Gasteiger partial charge in [-0.05, 0) is 35.2 Å². The molecule has 0 saturated carbocycles. The van der Waals surface area contributed by atoms with E-state index in [-0.39, 0.29) is 11.8 Å². The van der Waals surface area contributed by atoms with Gasteiger partial charge in [0.2, 0.25) is 0 Å². The van der Waals surface area contributed by atoms with Crippen LogP contribution in [0.15, 0.2) is 61.3 Å². The molecule has 2 aliphatic rings. The van der Waals surface area contributed by atoms with Gasteiger partial charge in [-0.1, -0.05) is 55.1 Å². The number of aromatic amines is 1. The maximum Gasteiger partial charge on any atom is 0.322 e. The first-order valence-electron chi connectivity index (χ1n) is 11.3. The molecule has 0 spiro atoms. The lowest BCUT2D eigenvalue weighted by Crippen LogP contribution is -2.22. The number of nitrogens with one attached hydrogen (secondary N) is 3. The van der Waals surface area contributed by atoms with Crippen LogP contribution in [-0.2, 0) is 17.8 Å². The SMILES string of the molecule is C=C/C=c1/cn[nH]/c1=C/Cc1ccc(C2NC(=O)NC2=O)cc1.COc1ccc2c(c1)C(=O)N(C)C2. The summed E-state index contributed by atoms with van der Waals surface area (Å²) in [5.74, 6) is 0.493. The van der Waals surface area contributed by atoms with Crippen molar-refractivity contribution in [2.75, 3.05) is 14.2 Å². The van der Waals surface area contributed by atoms with Crippen LogP contribution in [0.2, 0.25) is 0 Å². The summed E-state index contributed by atoms with van der Waals surface area (Å²) in [7, 11) is 3.40. The molecular formula is C27H27N5O4. The number of rotatable bonds is 5. The number of urea groups is 1. The van der Waals surface area contributed by atoms with Crippen molar-refractivity contribution >= 4 is 30.0 Å². The fraction of sp³-hybridized carbons (Fsp3) is 0.185. The zero-order valence-electron chi connectivity index (χ0n) is 20.1. The Kier molecular flexibility index (Phi) is 7.29. The number of H-pyrrole nitrogens is 1. The molecule has 1 aromatic heterocycles. The van der Waals surface area contributed by atoms with Gasteiger partial charge in [-0.15, -0.1) is 0 Å². The monoisotopic (exact) mass is 485 g/mol. The number of hydrogen-bond acceptors (Lipinski definition) is 5. The summed E-state index contributed by atoms with van der Waals surface area (Å²) in [6.45, 7) is 4.39. The minimum atomic E-state index is -0.609. The third-order valence-electron chi connectivity index (χ3n) is 5.93. The highest BCUT2D eigenvalue weighted by Crippen LogP contribution is 2.25. The van der Waals surface area contributed by atoms with Crippen molar-refractivity contribution in [2.45, 2.75) is 19.0 Å². The van der Waals surface area contributed by atoms with Crippen molar-refractivity contribution in [1.29, 1.82) is 0 Å². The van der Waals surface area contributed by atoms with Gasteiger partial charge >= 0.3 is 6.03 Å². The molecule has 3 heterocycles. The molecule has 0 radical (unpaired) electrons. The predicted octanol–water partition coefficient (Wildman–Crippen LogP) is 1.56. The highest BCUT2D eigenvalue weighted by molar-refractivity contribution is 6.04. The van der Waals surface area contributed by atoms with Crippen LogP contribution in [0, 0.1) is 0 Å². The number of allylic oxidation sites excluding steroid dienone is 1. The number of hydrogen-bond donors (Lipinski definition) is 3. The summed E-state index contributed by atoms with van der Waals surface area (Å²) in [5, 5.41) is 13.7. The van der Waals surface area contributed by atoms with Gasteiger partial charge in [0.15, 0.2) is 0 Å². The largest absolute Gasteiger partial charge is 0.497 e. The molecule has 184 valence electrons. The molecule has 9 nitrogen and oxygen atoms in total. The molecule has 9 heteroatoms. The molecular weight excluding hydrogens is 458 g/mol. The van der Waals surface area contributed by atoms with Crippen LogP contribution in [0.1, 0.15) is 33.1 Å². The number of methoxy groups -OCH3 is 1. The molecule has 3 N–H and O–H groups in total. The Morgan fingerprint density at radius 3 is 2.61 bits per heavy atom. The van der Waals surface area contributed by atoms with E-state index in [9.17, 15) is 14.4 Å². The average Bonchev–Trinajstić information content (AvgIpc) is 3.55. The van der Waals surface area contributed by atoms with Gasteiger partial charge in [-0.2, -0.15) is 5.10 Å². The Bertz CT molecular complexity index is 1430. The molecule has 0 bridgehead atoms. The Morgan fingerprint density at radius 1 is 1.17 bits per heavy atom. The zero-order valence-corrected chi connectivity index (χ0v) is 20.1. The van der Waals surface area contributed by atoms with Crippen LogP contribution in [-0.4, -0.2) is 47.1 Å². The Hall–Kier alpha value is -4.66. The smallest absolute Gasteiger partial charge is 0.322 e. The van der Waals surface area contributed by atoms with Crippen LogP contribution in [0.4, 0.5) is 4.79 Å². The minimum absolute atomic E-state index is 0.0777. The lowest BCUT2D eigenvalue weighted by atomic mass is 10.0. The summed E-state index contributed by atoms with van der Waals surface area (Å²) < 4.78 is 5.05. The van der Waals surface area contributed by atoms with Gasteiger partial charge < -0.3 is 15.0 Å². The second-order valence-corrected chi connectivity index (χ2v) is 8.37. The summed E-state index contributed by atoms with van der Waals surface area (Å²) >= 11 is 0. The predicted molar refractivity (Wildman–Crippen MR) is 135 cm³/mol. The maximum atomic E-state index is 11.6. The average molecular weight is 486 g/mol.